The molecule has 0 atom stereocenters. The fourth-order valence-electron chi connectivity index (χ4n) is 5.03. The van der Waals surface area contributed by atoms with Crippen LogP contribution in [0, 0.1) is 18.6 Å². The lowest BCUT2D eigenvalue weighted by atomic mass is 9.91. The Morgan fingerprint density at radius 3 is 2.49 bits per heavy atom. The van der Waals surface area contributed by atoms with Crippen molar-refractivity contribution in [1.82, 2.24) is 19.9 Å². The van der Waals surface area contributed by atoms with E-state index in [0.29, 0.717) is 28.9 Å². The van der Waals surface area contributed by atoms with E-state index in [2.05, 4.69) is 44.0 Å². The zero-order valence-electron chi connectivity index (χ0n) is 21.9. The second-order valence-corrected chi connectivity index (χ2v) is 11.7. The molecule has 2 heterocycles. The Bertz CT molecular complexity index is 1620. The standard InChI is InChI=1S/C28H30F2N6O2S/c1-17-25(5-4-14-31-17)39(37,38)35-24-13-11-22(29)26(27(24)30)18-6-12-23-19(15-18)16-32-28(34-23)33-20-7-9-21(10-8-20)36(2)3/h4-6,11-16,20-21,35H,7-10H2,1-3H3,(H,32,33,34). The molecule has 2 aromatic heterocycles. The van der Waals surface area contributed by atoms with Crippen LogP contribution in [0.3, 0.4) is 0 Å². The first-order valence-electron chi connectivity index (χ1n) is 12.7. The zero-order chi connectivity index (χ0) is 27.7. The Balaban J connectivity index is 1.39. The highest BCUT2D eigenvalue weighted by atomic mass is 32.2. The fraction of sp³-hybridized carbons (Fsp3) is 0.321. The van der Waals surface area contributed by atoms with Gasteiger partial charge in [0.15, 0.2) is 5.82 Å². The summed E-state index contributed by atoms with van der Waals surface area (Å²) in [7, 11) is 0.0701. The highest BCUT2D eigenvalue weighted by Gasteiger charge is 2.24. The molecule has 0 aliphatic heterocycles. The summed E-state index contributed by atoms with van der Waals surface area (Å²) in [5.41, 5.74) is 0.414. The van der Waals surface area contributed by atoms with E-state index < -0.39 is 21.7 Å². The van der Waals surface area contributed by atoms with Gasteiger partial charge >= 0.3 is 0 Å². The van der Waals surface area contributed by atoms with Gasteiger partial charge in [0.2, 0.25) is 5.95 Å². The minimum Gasteiger partial charge on any atom is -0.351 e. The van der Waals surface area contributed by atoms with Crippen molar-refractivity contribution in [3.8, 4) is 11.1 Å². The van der Waals surface area contributed by atoms with Crippen LogP contribution in [-0.2, 0) is 10.0 Å². The summed E-state index contributed by atoms with van der Waals surface area (Å²) in [6.45, 7) is 1.54. The molecule has 4 aromatic rings. The van der Waals surface area contributed by atoms with E-state index in [1.807, 2.05) is 0 Å². The molecule has 0 saturated heterocycles. The number of halogens is 2. The largest absolute Gasteiger partial charge is 0.351 e. The van der Waals surface area contributed by atoms with Crippen molar-refractivity contribution in [3.63, 3.8) is 0 Å². The van der Waals surface area contributed by atoms with Crippen LogP contribution >= 0.6 is 0 Å². The van der Waals surface area contributed by atoms with Gasteiger partial charge in [0.25, 0.3) is 10.0 Å². The number of aromatic nitrogens is 3. The predicted molar refractivity (Wildman–Crippen MR) is 148 cm³/mol. The van der Waals surface area contributed by atoms with Crippen molar-refractivity contribution in [2.75, 3.05) is 24.1 Å². The van der Waals surface area contributed by atoms with Crippen LogP contribution in [0.1, 0.15) is 31.4 Å². The van der Waals surface area contributed by atoms with Gasteiger partial charge in [-0.3, -0.25) is 9.71 Å². The van der Waals surface area contributed by atoms with Gasteiger partial charge in [0, 0.05) is 29.9 Å². The van der Waals surface area contributed by atoms with Crippen molar-refractivity contribution in [1.29, 1.82) is 0 Å². The summed E-state index contributed by atoms with van der Waals surface area (Å²) in [4.78, 5) is 15.2. The average molecular weight is 553 g/mol. The summed E-state index contributed by atoms with van der Waals surface area (Å²) < 4.78 is 58.4. The predicted octanol–water partition coefficient (Wildman–Crippen LogP) is 5.36. The molecule has 1 aliphatic rings. The van der Waals surface area contributed by atoms with E-state index in [0.717, 1.165) is 37.8 Å². The molecule has 0 radical (unpaired) electrons. The third kappa shape index (κ3) is 5.69. The molecular formula is C28H30F2N6O2S. The molecule has 204 valence electrons. The molecule has 2 aromatic carbocycles. The lowest BCUT2D eigenvalue weighted by Gasteiger charge is -2.32. The van der Waals surface area contributed by atoms with E-state index in [-0.39, 0.29) is 27.4 Å². The molecule has 8 nitrogen and oxygen atoms in total. The van der Waals surface area contributed by atoms with Crippen molar-refractivity contribution >= 4 is 32.6 Å². The van der Waals surface area contributed by atoms with Gasteiger partial charge in [-0.05, 0) is 88.7 Å². The number of benzene rings is 2. The molecule has 39 heavy (non-hydrogen) atoms. The number of fused-ring (bicyclic) bond motifs is 1. The van der Waals surface area contributed by atoms with Gasteiger partial charge < -0.3 is 10.2 Å². The Morgan fingerprint density at radius 2 is 1.77 bits per heavy atom. The lowest BCUT2D eigenvalue weighted by Crippen LogP contribution is -2.36. The molecule has 5 rings (SSSR count). The van der Waals surface area contributed by atoms with E-state index in [4.69, 9.17) is 0 Å². The number of hydrogen-bond acceptors (Lipinski definition) is 7. The molecule has 0 amide bonds. The third-order valence-corrected chi connectivity index (χ3v) is 8.71. The molecular weight excluding hydrogens is 522 g/mol. The maximum absolute atomic E-state index is 15.5. The molecule has 1 aliphatic carbocycles. The minimum atomic E-state index is -4.14. The summed E-state index contributed by atoms with van der Waals surface area (Å²) in [5, 5.41) is 4.02. The Morgan fingerprint density at radius 1 is 1.00 bits per heavy atom. The summed E-state index contributed by atoms with van der Waals surface area (Å²) in [5.74, 6) is -1.32. The van der Waals surface area contributed by atoms with Crippen LogP contribution in [0.25, 0.3) is 22.0 Å². The highest BCUT2D eigenvalue weighted by molar-refractivity contribution is 7.92. The SMILES string of the molecule is Cc1ncccc1S(=O)(=O)Nc1ccc(F)c(-c2ccc3nc(NC4CCC(N(C)C)CC4)ncc3c2)c1F. The molecule has 1 saturated carbocycles. The van der Waals surface area contributed by atoms with Gasteiger partial charge in [0.1, 0.15) is 10.7 Å². The van der Waals surface area contributed by atoms with Crippen LogP contribution in [-0.4, -0.2) is 54.4 Å². The van der Waals surface area contributed by atoms with E-state index in [1.54, 1.807) is 24.4 Å². The second-order valence-electron chi connectivity index (χ2n) is 10.1. The normalized spacial score (nSPS) is 17.9. The number of anilines is 2. The van der Waals surface area contributed by atoms with Gasteiger partial charge in [-0.15, -0.1) is 0 Å². The Hall–Kier alpha value is -3.70. The molecule has 0 unspecified atom stereocenters. The Labute approximate surface area is 226 Å². The maximum Gasteiger partial charge on any atom is 0.263 e. The molecule has 11 heteroatoms. The minimum absolute atomic E-state index is 0.0895. The topological polar surface area (TPSA) is 100 Å². The summed E-state index contributed by atoms with van der Waals surface area (Å²) in [6, 6.07) is 10.6. The van der Waals surface area contributed by atoms with Crippen LogP contribution in [0.2, 0.25) is 0 Å². The van der Waals surface area contributed by atoms with Crippen LogP contribution in [0.15, 0.2) is 59.8 Å². The van der Waals surface area contributed by atoms with E-state index >= 15 is 4.39 Å². The highest BCUT2D eigenvalue weighted by Crippen LogP contribution is 2.33. The third-order valence-electron chi connectivity index (χ3n) is 7.21. The number of nitrogens with zero attached hydrogens (tertiary/aromatic N) is 4. The number of rotatable bonds is 7. The molecule has 2 N–H and O–H groups in total. The second kappa shape index (κ2) is 10.8. The smallest absolute Gasteiger partial charge is 0.263 e. The number of pyridine rings is 1. The first-order valence-corrected chi connectivity index (χ1v) is 14.2. The first kappa shape index (κ1) is 26.9. The quantitative estimate of drug-likeness (QED) is 0.318. The zero-order valence-corrected chi connectivity index (χ0v) is 22.8. The van der Waals surface area contributed by atoms with Crippen LogP contribution in [0.4, 0.5) is 20.4 Å². The number of hydrogen-bond donors (Lipinski definition) is 2. The van der Waals surface area contributed by atoms with E-state index in [1.165, 1.54) is 25.3 Å². The van der Waals surface area contributed by atoms with Crippen LogP contribution in [0.5, 0.6) is 0 Å². The van der Waals surface area contributed by atoms with Gasteiger partial charge in [-0.2, -0.15) is 0 Å². The summed E-state index contributed by atoms with van der Waals surface area (Å²) >= 11 is 0. The average Bonchev–Trinajstić information content (AvgIpc) is 2.91. The lowest BCUT2D eigenvalue weighted by molar-refractivity contribution is 0.221. The Kier molecular flexibility index (Phi) is 7.46. The molecule has 0 bridgehead atoms. The van der Waals surface area contributed by atoms with Gasteiger partial charge in [-0.25, -0.2) is 27.2 Å². The monoisotopic (exact) mass is 552 g/mol. The van der Waals surface area contributed by atoms with Gasteiger partial charge in [0.05, 0.1) is 22.5 Å². The number of aryl methyl sites for hydroxylation is 1. The maximum atomic E-state index is 15.5. The molecule has 1 fully saturated rings. The van der Waals surface area contributed by atoms with Crippen LogP contribution < -0.4 is 10.0 Å². The fourth-order valence-corrected chi connectivity index (χ4v) is 6.28. The number of sulfonamides is 1. The van der Waals surface area contributed by atoms with E-state index in [9.17, 15) is 12.8 Å². The number of nitrogens with one attached hydrogen (secondary N) is 2. The van der Waals surface area contributed by atoms with Gasteiger partial charge in [-0.1, -0.05) is 6.07 Å². The van der Waals surface area contributed by atoms with Crippen molar-refractivity contribution in [3.05, 3.63) is 72.2 Å². The van der Waals surface area contributed by atoms with Crippen molar-refractivity contribution in [2.45, 2.75) is 49.6 Å². The first-order chi connectivity index (χ1) is 18.6. The molecule has 0 spiro atoms. The summed E-state index contributed by atoms with van der Waals surface area (Å²) in [6.07, 6.45) is 7.35. The van der Waals surface area contributed by atoms with Crippen molar-refractivity contribution < 1.29 is 17.2 Å². The van der Waals surface area contributed by atoms with Crippen molar-refractivity contribution in [2.24, 2.45) is 0 Å².